The van der Waals surface area contributed by atoms with E-state index in [-0.39, 0.29) is 11.7 Å². The fraction of sp³-hybridized carbons (Fsp3) is 0.174. The average Bonchev–Trinajstić information content (AvgIpc) is 3.40. The van der Waals surface area contributed by atoms with E-state index in [0.717, 1.165) is 34.6 Å². The molecular weight excluding hydrogens is 382 g/mol. The van der Waals surface area contributed by atoms with Crippen molar-refractivity contribution in [2.24, 2.45) is 0 Å². The first kappa shape index (κ1) is 19.1. The first-order valence-electron chi connectivity index (χ1n) is 9.62. The van der Waals surface area contributed by atoms with E-state index in [0.29, 0.717) is 17.0 Å². The number of benzene rings is 2. The van der Waals surface area contributed by atoms with E-state index in [4.69, 9.17) is 10.2 Å². The molecule has 0 bridgehead atoms. The molecule has 0 aliphatic rings. The lowest BCUT2D eigenvalue weighted by molar-refractivity contribution is 0.0999. The zero-order chi connectivity index (χ0) is 20.4. The first-order valence-corrected chi connectivity index (χ1v) is 10.5. The molecule has 0 aliphatic carbocycles. The average molecular weight is 406 g/mol. The van der Waals surface area contributed by atoms with Gasteiger partial charge in [0.15, 0.2) is 5.76 Å². The van der Waals surface area contributed by atoms with Gasteiger partial charge >= 0.3 is 0 Å². The Morgan fingerprint density at radius 1 is 1.10 bits per heavy atom. The Balaban J connectivity index is 1.60. The van der Waals surface area contributed by atoms with Gasteiger partial charge in [-0.2, -0.15) is 0 Å². The van der Waals surface area contributed by atoms with Crippen LogP contribution < -0.4 is 16.0 Å². The highest BCUT2D eigenvalue weighted by atomic mass is 32.1. The number of hydrogen-bond donors (Lipinski definition) is 2. The lowest BCUT2D eigenvalue weighted by Crippen LogP contribution is -2.21. The molecule has 0 saturated carbocycles. The summed E-state index contributed by atoms with van der Waals surface area (Å²) in [5.74, 6) is -0.0572. The summed E-state index contributed by atoms with van der Waals surface area (Å²) in [6.45, 7) is 6.05. The smallest absolute Gasteiger partial charge is 0.291 e. The van der Waals surface area contributed by atoms with Gasteiger partial charge in [0.05, 0.1) is 11.4 Å². The minimum Gasteiger partial charge on any atom is -0.451 e. The number of carbonyl (C=O) groups excluding carboxylic acids is 1. The van der Waals surface area contributed by atoms with E-state index in [1.807, 2.05) is 41.8 Å². The van der Waals surface area contributed by atoms with Crippen LogP contribution in [0, 0.1) is 0 Å². The number of carbonyl (C=O) groups is 1. The van der Waals surface area contributed by atoms with E-state index >= 15 is 0 Å². The number of thiophene rings is 1. The molecule has 0 aliphatic heterocycles. The molecule has 29 heavy (non-hydrogen) atoms. The lowest BCUT2D eigenvalue weighted by Gasteiger charge is -2.20. The predicted molar refractivity (Wildman–Crippen MR) is 122 cm³/mol. The molecule has 5 nitrogen and oxygen atoms in total. The van der Waals surface area contributed by atoms with Gasteiger partial charge in [-0.15, -0.1) is 11.3 Å². The Labute approximate surface area is 173 Å². The van der Waals surface area contributed by atoms with E-state index in [1.54, 1.807) is 23.5 Å². The number of fused-ring (bicyclic) bond motifs is 1. The quantitative estimate of drug-likeness (QED) is 0.395. The van der Waals surface area contributed by atoms with Crippen LogP contribution in [0.3, 0.4) is 0 Å². The molecule has 0 radical (unpaired) electrons. The van der Waals surface area contributed by atoms with Crippen LogP contribution in [0.5, 0.6) is 0 Å². The number of nitrogens with zero attached hydrogens (tertiary/aromatic N) is 1. The molecule has 2 heterocycles. The van der Waals surface area contributed by atoms with E-state index in [2.05, 4.69) is 30.1 Å². The summed E-state index contributed by atoms with van der Waals surface area (Å²) >= 11 is 1.64. The van der Waals surface area contributed by atoms with Crippen LogP contribution in [0.25, 0.3) is 21.4 Å². The van der Waals surface area contributed by atoms with Crippen molar-refractivity contribution in [1.82, 2.24) is 0 Å². The Kier molecular flexibility index (Phi) is 5.27. The van der Waals surface area contributed by atoms with Gasteiger partial charge in [-0.1, -0.05) is 12.1 Å². The molecule has 4 aromatic rings. The summed E-state index contributed by atoms with van der Waals surface area (Å²) in [5, 5.41) is 5.80. The van der Waals surface area contributed by atoms with Gasteiger partial charge in [0.1, 0.15) is 5.58 Å². The summed E-state index contributed by atoms with van der Waals surface area (Å²) < 4.78 is 5.85. The van der Waals surface area contributed by atoms with Crippen molar-refractivity contribution >= 4 is 45.3 Å². The predicted octanol–water partition coefficient (Wildman–Crippen LogP) is 5.84. The number of amides is 1. The number of nitrogens with two attached hydrogens (primary N) is 1. The van der Waals surface area contributed by atoms with Gasteiger partial charge in [-0.05, 0) is 61.2 Å². The summed E-state index contributed by atoms with van der Waals surface area (Å²) in [4.78, 5) is 16.1. The second-order valence-electron chi connectivity index (χ2n) is 6.74. The molecule has 2 aromatic carbocycles. The fourth-order valence-corrected chi connectivity index (χ4v) is 4.09. The normalized spacial score (nSPS) is 11.0. The second-order valence-corrected chi connectivity index (χ2v) is 7.69. The van der Waals surface area contributed by atoms with Gasteiger partial charge in [0.2, 0.25) is 0 Å². The third-order valence-corrected chi connectivity index (χ3v) is 5.88. The number of nitrogens with one attached hydrogen (secondary N) is 1. The van der Waals surface area contributed by atoms with Crippen LogP contribution in [0.2, 0.25) is 0 Å². The van der Waals surface area contributed by atoms with Crippen molar-refractivity contribution in [2.75, 3.05) is 29.0 Å². The maximum Gasteiger partial charge on any atom is 0.291 e. The molecule has 0 fully saturated rings. The number of anilines is 3. The molecule has 2 aromatic heterocycles. The molecule has 0 unspecified atom stereocenters. The van der Waals surface area contributed by atoms with Crippen LogP contribution in [0.1, 0.15) is 24.4 Å². The van der Waals surface area contributed by atoms with Gasteiger partial charge in [0, 0.05) is 35.1 Å². The SMILES string of the molecule is CCN(CC)c1ccc2cc(C(=O)Nc3cc(-c4cccs4)ccc3N)oc2c1. The van der Waals surface area contributed by atoms with Crippen molar-refractivity contribution in [3.63, 3.8) is 0 Å². The Bertz CT molecular complexity index is 1140. The number of hydrogen-bond acceptors (Lipinski definition) is 5. The standard InChI is InChI=1S/C23H23N3O2S/c1-3-26(4-2)17-9-7-15-13-21(28-20(15)14-17)23(27)25-19-12-16(8-10-18(19)24)22-6-5-11-29-22/h5-14H,3-4,24H2,1-2H3,(H,25,27). The third-order valence-electron chi connectivity index (χ3n) is 4.96. The largest absolute Gasteiger partial charge is 0.451 e. The maximum absolute atomic E-state index is 12.8. The summed E-state index contributed by atoms with van der Waals surface area (Å²) in [6, 6.07) is 17.4. The van der Waals surface area contributed by atoms with Crippen LogP contribution in [-0.4, -0.2) is 19.0 Å². The van der Waals surface area contributed by atoms with E-state index < -0.39 is 0 Å². The van der Waals surface area contributed by atoms with Crippen molar-refractivity contribution in [3.8, 4) is 10.4 Å². The molecule has 0 spiro atoms. The lowest BCUT2D eigenvalue weighted by atomic mass is 10.1. The number of nitrogen functional groups attached to an aromatic ring is 1. The second kappa shape index (κ2) is 8.01. The number of rotatable bonds is 6. The van der Waals surface area contributed by atoms with E-state index in [1.165, 1.54) is 0 Å². The Morgan fingerprint density at radius 2 is 1.93 bits per heavy atom. The molecule has 148 valence electrons. The molecule has 6 heteroatoms. The Hall–Kier alpha value is -3.25. The van der Waals surface area contributed by atoms with E-state index in [9.17, 15) is 4.79 Å². The molecule has 4 rings (SSSR count). The Morgan fingerprint density at radius 3 is 2.66 bits per heavy atom. The van der Waals surface area contributed by atoms with Gasteiger partial charge < -0.3 is 20.4 Å². The zero-order valence-corrected chi connectivity index (χ0v) is 17.3. The molecular formula is C23H23N3O2S. The van der Waals surface area contributed by atoms with Crippen molar-refractivity contribution in [3.05, 3.63) is 65.7 Å². The fourth-order valence-electron chi connectivity index (χ4n) is 3.36. The van der Waals surface area contributed by atoms with Crippen LogP contribution in [0.4, 0.5) is 17.1 Å². The summed E-state index contributed by atoms with van der Waals surface area (Å²) in [5.41, 5.74) is 9.95. The maximum atomic E-state index is 12.8. The highest BCUT2D eigenvalue weighted by molar-refractivity contribution is 7.13. The zero-order valence-electron chi connectivity index (χ0n) is 16.4. The van der Waals surface area contributed by atoms with Crippen LogP contribution in [-0.2, 0) is 0 Å². The van der Waals surface area contributed by atoms with Crippen molar-refractivity contribution < 1.29 is 9.21 Å². The summed E-state index contributed by atoms with van der Waals surface area (Å²) in [6.07, 6.45) is 0. The summed E-state index contributed by atoms with van der Waals surface area (Å²) in [7, 11) is 0. The first-order chi connectivity index (χ1) is 14.1. The highest BCUT2D eigenvalue weighted by Crippen LogP contribution is 2.31. The van der Waals surface area contributed by atoms with Gasteiger partial charge in [-0.25, -0.2) is 0 Å². The molecule has 3 N–H and O–H groups in total. The minimum atomic E-state index is -0.319. The van der Waals surface area contributed by atoms with Crippen LogP contribution >= 0.6 is 11.3 Å². The number of furan rings is 1. The monoisotopic (exact) mass is 405 g/mol. The van der Waals surface area contributed by atoms with Crippen LogP contribution in [0.15, 0.2) is 64.4 Å². The third kappa shape index (κ3) is 3.84. The minimum absolute atomic E-state index is 0.262. The van der Waals surface area contributed by atoms with Crippen molar-refractivity contribution in [2.45, 2.75) is 13.8 Å². The van der Waals surface area contributed by atoms with Gasteiger partial charge in [-0.3, -0.25) is 4.79 Å². The van der Waals surface area contributed by atoms with Gasteiger partial charge in [0.25, 0.3) is 5.91 Å². The highest BCUT2D eigenvalue weighted by Gasteiger charge is 2.15. The molecule has 0 atom stereocenters. The molecule has 0 saturated heterocycles. The van der Waals surface area contributed by atoms with Crippen molar-refractivity contribution in [1.29, 1.82) is 0 Å². The topological polar surface area (TPSA) is 71.5 Å². The molecule has 1 amide bonds.